The molecule has 0 saturated carbocycles. The van der Waals surface area contributed by atoms with Gasteiger partial charge in [-0.25, -0.2) is 8.42 Å². The normalized spacial score (nSPS) is 24.5. The van der Waals surface area contributed by atoms with Gasteiger partial charge in [0.1, 0.15) is 5.88 Å². The lowest BCUT2D eigenvalue weighted by molar-refractivity contribution is -0.133. The van der Waals surface area contributed by atoms with Gasteiger partial charge < -0.3 is 10.0 Å². The molecule has 7 heteroatoms. The van der Waals surface area contributed by atoms with Crippen LogP contribution in [0.15, 0.2) is 30.3 Å². The number of hydrogen-bond acceptors (Lipinski definition) is 4. The van der Waals surface area contributed by atoms with Gasteiger partial charge in [0.15, 0.2) is 9.84 Å². The van der Waals surface area contributed by atoms with E-state index < -0.39 is 22.0 Å². The van der Waals surface area contributed by atoms with E-state index in [1.165, 1.54) is 4.90 Å². The van der Waals surface area contributed by atoms with E-state index in [0.29, 0.717) is 0 Å². The molecule has 1 aliphatic heterocycles. The van der Waals surface area contributed by atoms with E-state index in [9.17, 15) is 18.3 Å². The van der Waals surface area contributed by atoms with Gasteiger partial charge in [-0.15, -0.1) is 11.6 Å². The molecular weight excluding hydrogens is 302 g/mol. The smallest absolute Gasteiger partial charge is 0.238 e. The molecule has 0 radical (unpaired) electrons. The van der Waals surface area contributed by atoms with Crippen molar-refractivity contribution >= 4 is 27.3 Å². The highest BCUT2D eigenvalue weighted by Gasteiger charge is 2.41. The van der Waals surface area contributed by atoms with Crippen LogP contribution in [0.5, 0.6) is 0 Å². The summed E-state index contributed by atoms with van der Waals surface area (Å²) in [6, 6.07) is 8.47. The summed E-state index contributed by atoms with van der Waals surface area (Å²) in [5.74, 6) is -1.14. The third-order valence-electron chi connectivity index (χ3n) is 3.32. The molecule has 1 aromatic rings. The quantitative estimate of drug-likeness (QED) is 0.816. The first-order chi connectivity index (χ1) is 9.43. The number of aliphatic hydroxyl groups is 1. The van der Waals surface area contributed by atoms with Crippen LogP contribution in [-0.2, 0) is 21.2 Å². The Hall–Kier alpha value is -1.11. The molecule has 0 unspecified atom stereocenters. The van der Waals surface area contributed by atoms with E-state index >= 15 is 0 Å². The van der Waals surface area contributed by atoms with Crippen LogP contribution >= 0.6 is 11.6 Å². The number of halogens is 1. The van der Waals surface area contributed by atoms with Crippen molar-refractivity contribution in [2.24, 2.45) is 0 Å². The Morgan fingerprint density at radius 2 is 1.95 bits per heavy atom. The SMILES string of the molecule is O=C(CCl)N(Cc1ccccc1)[C@H]1CS(=O)(=O)C[C@H]1O. The van der Waals surface area contributed by atoms with Gasteiger partial charge in [-0.2, -0.15) is 0 Å². The van der Waals surface area contributed by atoms with E-state index in [2.05, 4.69) is 0 Å². The summed E-state index contributed by atoms with van der Waals surface area (Å²) in [5.41, 5.74) is 0.863. The van der Waals surface area contributed by atoms with Crippen LogP contribution in [0, 0.1) is 0 Å². The van der Waals surface area contributed by atoms with E-state index in [0.717, 1.165) is 5.56 Å². The number of amides is 1. The summed E-state index contributed by atoms with van der Waals surface area (Å²) in [6.45, 7) is 0.240. The highest BCUT2D eigenvalue weighted by Crippen LogP contribution is 2.21. The third kappa shape index (κ3) is 3.50. The Morgan fingerprint density at radius 3 is 2.45 bits per heavy atom. The maximum absolute atomic E-state index is 11.9. The number of nitrogens with zero attached hydrogens (tertiary/aromatic N) is 1. The molecule has 1 aromatic carbocycles. The second-order valence-corrected chi connectivity index (χ2v) is 7.27. The fraction of sp³-hybridized carbons (Fsp3) is 0.462. The van der Waals surface area contributed by atoms with Crippen LogP contribution in [-0.4, -0.2) is 53.9 Å². The van der Waals surface area contributed by atoms with E-state index in [4.69, 9.17) is 11.6 Å². The zero-order chi connectivity index (χ0) is 14.8. The molecule has 1 fully saturated rings. The topological polar surface area (TPSA) is 74.7 Å². The summed E-state index contributed by atoms with van der Waals surface area (Å²) in [4.78, 5) is 13.3. The predicted molar refractivity (Wildman–Crippen MR) is 76.2 cm³/mol. The minimum Gasteiger partial charge on any atom is -0.390 e. The van der Waals surface area contributed by atoms with Crippen molar-refractivity contribution in [3.05, 3.63) is 35.9 Å². The lowest BCUT2D eigenvalue weighted by Crippen LogP contribution is -2.46. The van der Waals surface area contributed by atoms with Crippen molar-refractivity contribution in [3.8, 4) is 0 Å². The van der Waals surface area contributed by atoms with Crippen molar-refractivity contribution in [3.63, 3.8) is 0 Å². The Morgan fingerprint density at radius 1 is 1.30 bits per heavy atom. The van der Waals surface area contributed by atoms with Crippen molar-refractivity contribution in [2.75, 3.05) is 17.4 Å². The lowest BCUT2D eigenvalue weighted by atomic mass is 10.1. The fourth-order valence-corrected chi connectivity index (χ4v) is 4.31. The van der Waals surface area contributed by atoms with Gasteiger partial charge in [-0.05, 0) is 5.56 Å². The Kier molecular flexibility index (Phi) is 4.67. The highest BCUT2D eigenvalue weighted by atomic mass is 35.5. The molecular formula is C13H16ClNO4S. The number of sulfone groups is 1. The summed E-state index contributed by atoms with van der Waals surface area (Å²) in [5, 5.41) is 9.90. The van der Waals surface area contributed by atoms with Crippen LogP contribution in [0.25, 0.3) is 0 Å². The van der Waals surface area contributed by atoms with Gasteiger partial charge >= 0.3 is 0 Å². The molecule has 0 aromatic heterocycles. The summed E-state index contributed by atoms with van der Waals surface area (Å²) < 4.78 is 23.2. The maximum atomic E-state index is 11.9. The predicted octanol–water partition coefficient (Wildman–Crippen LogP) is 0.412. The molecule has 1 N–H and O–H groups in total. The number of carbonyl (C=O) groups excluding carboxylic acids is 1. The molecule has 1 amide bonds. The van der Waals surface area contributed by atoms with Gasteiger partial charge in [-0.3, -0.25) is 4.79 Å². The Bertz CT molecular complexity index is 575. The second-order valence-electron chi connectivity index (χ2n) is 4.85. The number of hydrogen-bond donors (Lipinski definition) is 1. The van der Waals surface area contributed by atoms with Crippen LogP contribution < -0.4 is 0 Å². The molecule has 5 nitrogen and oxygen atoms in total. The minimum atomic E-state index is -3.31. The Labute approximate surface area is 123 Å². The Balaban J connectivity index is 2.23. The van der Waals surface area contributed by atoms with Gasteiger partial charge in [0.05, 0.1) is 23.7 Å². The van der Waals surface area contributed by atoms with Crippen LogP contribution in [0.4, 0.5) is 0 Å². The molecule has 2 atom stereocenters. The molecule has 0 bridgehead atoms. The van der Waals surface area contributed by atoms with Crippen molar-refractivity contribution in [1.29, 1.82) is 0 Å². The molecule has 0 aliphatic carbocycles. The first-order valence-electron chi connectivity index (χ1n) is 6.21. The second kappa shape index (κ2) is 6.11. The van der Waals surface area contributed by atoms with Crippen LogP contribution in [0.1, 0.15) is 5.56 Å². The molecule has 1 saturated heterocycles. The van der Waals surface area contributed by atoms with Crippen molar-refractivity contribution in [1.82, 2.24) is 4.90 Å². The molecule has 2 rings (SSSR count). The van der Waals surface area contributed by atoms with E-state index in [1.54, 1.807) is 0 Å². The molecule has 20 heavy (non-hydrogen) atoms. The summed E-state index contributed by atoms with van der Waals surface area (Å²) in [7, 11) is -3.31. The number of aliphatic hydroxyl groups excluding tert-OH is 1. The summed E-state index contributed by atoms with van der Waals surface area (Å²) in [6.07, 6.45) is -1.06. The number of alkyl halides is 1. The monoisotopic (exact) mass is 317 g/mol. The minimum absolute atomic E-state index is 0.219. The highest BCUT2D eigenvalue weighted by molar-refractivity contribution is 7.91. The largest absolute Gasteiger partial charge is 0.390 e. The first-order valence-corrected chi connectivity index (χ1v) is 8.56. The molecule has 0 spiro atoms. The van der Waals surface area contributed by atoms with Crippen molar-refractivity contribution < 1.29 is 18.3 Å². The number of rotatable bonds is 4. The van der Waals surface area contributed by atoms with Gasteiger partial charge in [0, 0.05) is 6.54 Å². The zero-order valence-corrected chi connectivity index (χ0v) is 12.3. The lowest BCUT2D eigenvalue weighted by Gasteiger charge is -2.29. The van der Waals surface area contributed by atoms with Gasteiger partial charge in [0.25, 0.3) is 0 Å². The van der Waals surface area contributed by atoms with E-state index in [-0.39, 0.29) is 29.8 Å². The average molecular weight is 318 g/mol. The van der Waals surface area contributed by atoms with Crippen LogP contribution in [0.3, 0.4) is 0 Å². The first kappa shape index (κ1) is 15.3. The fourth-order valence-electron chi connectivity index (χ4n) is 2.36. The van der Waals surface area contributed by atoms with E-state index in [1.807, 2.05) is 30.3 Å². The van der Waals surface area contributed by atoms with Gasteiger partial charge in [0.2, 0.25) is 5.91 Å². The maximum Gasteiger partial charge on any atom is 0.238 e. The van der Waals surface area contributed by atoms with Crippen molar-refractivity contribution in [2.45, 2.75) is 18.7 Å². The average Bonchev–Trinajstić information content (AvgIpc) is 2.69. The summed E-state index contributed by atoms with van der Waals surface area (Å²) >= 11 is 5.59. The number of benzene rings is 1. The standard InChI is InChI=1S/C13H16ClNO4S/c14-6-13(17)15(7-10-4-2-1-3-5-10)11-8-20(18,19)9-12(11)16/h1-5,11-12,16H,6-9H2/t11-,12+/m0/s1. The molecule has 110 valence electrons. The van der Waals surface area contributed by atoms with Gasteiger partial charge in [-0.1, -0.05) is 30.3 Å². The third-order valence-corrected chi connectivity index (χ3v) is 5.25. The molecule has 1 heterocycles. The zero-order valence-electron chi connectivity index (χ0n) is 10.8. The number of carbonyl (C=O) groups is 1. The van der Waals surface area contributed by atoms with Crippen LogP contribution in [0.2, 0.25) is 0 Å². The molecule has 1 aliphatic rings.